The van der Waals surface area contributed by atoms with E-state index >= 15 is 0 Å². The first-order valence-electron chi connectivity index (χ1n) is 5.48. The Morgan fingerprint density at radius 1 is 1.50 bits per heavy atom. The van der Waals surface area contributed by atoms with E-state index < -0.39 is 5.97 Å². The Morgan fingerprint density at radius 3 is 3.19 bits per heavy atom. The van der Waals surface area contributed by atoms with Gasteiger partial charge < -0.3 is 15.2 Å². The minimum Gasteiger partial charge on any atom is -0.491 e. The second-order valence-corrected chi connectivity index (χ2v) is 3.81. The van der Waals surface area contributed by atoms with Gasteiger partial charge in [0.1, 0.15) is 5.75 Å². The number of anilines is 1. The van der Waals surface area contributed by atoms with Crippen molar-refractivity contribution >= 4 is 11.7 Å². The van der Waals surface area contributed by atoms with Crippen LogP contribution in [0, 0.1) is 0 Å². The molecule has 0 unspecified atom stereocenters. The Labute approximate surface area is 94.2 Å². The Bertz CT molecular complexity index is 390. The van der Waals surface area contributed by atoms with Crippen molar-refractivity contribution < 1.29 is 14.6 Å². The van der Waals surface area contributed by atoms with Crippen LogP contribution < -0.4 is 10.1 Å². The summed E-state index contributed by atoms with van der Waals surface area (Å²) in [6, 6.07) is 5.90. The fourth-order valence-electron chi connectivity index (χ4n) is 1.85. The van der Waals surface area contributed by atoms with Crippen LogP contribution in [0.3, 0.4) is 0 Å². The molecular weight excluding hydrogens is 206 g/mol. The summed E-state index contributed by atoms with van der Waals surface area (Å²) in [5.74, 6) is -0.0730. The normalized spacial score (nSPS) is 13.8. The summed E-state index contributed by atoms with van der Waals surface area (Å²) < 4.78 is 5.47. The zero-order valence-corrected chi connectivity index (χ0v) is 9.03. The van der Waals surface area contributed by atoms with Crippen molar-refractivity contribution in [2.75, 3.05) is 18.5 Å². The largest absolute Gasteiger partial charge is 0.491 e. The minimum atomic E-state index is -0.835. The van der Waals surface area contributed by atoms with Gasteiger partial charge in [0, 0.05) is 6.54 Å². The van der Waals surface area contributed by atoms with Gasteiger partial charge in [-0.25, -0.2) is 0 Å². The zero-order chi connectivity index (χ0) is 11.4. The number of para-hydroxylation sites is 1. The van der Waals surface area contributed by atoms with Gasteiger partial charge in [-0.15, -0.1) is 0 Å². The van der Waals surface area contributed by atoms with E-state index in [1.54, 1.807) is 0 Å². The lowest BCUT2D eigenvalue weighted by Gasteiger charge is -2.20. The topological polar surface area (TPSA) is 58.6 Å². The molecule has 4 nitrogen and oxygen atoms in total. The third-order valence-corrected chi connectivity index (χ3v) is 2.61. The number of carboxylic acids is 1. The molecule has 2 N–H and O–H groups in total. The van der Waals surface area contributed by atoms with Crippen LogP contribution in [0.4, 0.5) is 5.69 Å². The molecule has 1 aliphatic heterocycles. The van der Waals surface area contributed by atoms with Gasteiger partial charge in [-0.05, 0) is 24.5 Å². The molecule has 1 heterocycles. The Hall–Kier alpha value is -1.71. The summed E-state index contributed by atoms with van der Waals surface area (Å²) in [6.45, 7) is 1.17. The molecule has 1 aromatic carbocycles. The number of hydrogen-bond acceptors (Lipinski definition) is 3. The van der Waals surface area contributed by atoms with E-state index in [1.165, 1.54) is 5.56 Å². The fourth-order valence-corrected chi connectivity index (χ4v) is 1.85. The highest BCUT2D eigenvalue weighted by molar-refractivity contribution is 5.67. The molecule has 0 radical (unpaired) electrons. The van der Waals surface area contributed by atoms with Crippen LogP contribution in [0.5, 0.6) is 5.75 Å². The molecule has 0 saturated heterocycles. The van der Waals surface area contributed by atoms with Crippen LogP contribution in [0.25, 0.3) is 0 Å². The quantitative estimate of drug-likeness (QED) is 0.815. The van der Waals surface area contributed by atoms with Crippen LogP contribution in [-0.2, 0) is 11.2 Å². The molecule has 0 aliphatic carbocycles. The number of nitrogens with one attached hydrogen (secondary N) is 1. The highest BCUT2D eigenvalue weighted by Crippen LogP contribution is 2.31. The molecule has 0 fully saturated rings. The van der Waals surface area contributed by atoms with Crippen molar-refractivity contribution in [3.8, 4) is 5.75 Å². The first-order valence-corrected chi connectivity index (χ1v) is 5.48. The minimum absolute atomic E-state index is 0.0314. The number of benzene rings is 1. The maximum absolute atomic E-state index is 10.4. The van der Waals surface area contributed by atoms with Crippen molar-refractivity contribution in [1.29, 1.82) is 0 Å². The van der Waals surface area contributed by atoms with Crippen molar-refractivity contribution in [2.45, 2.75) is 19.3 Å². The predicted octanol–water partition coefficient (Wildman–Crippen LogP) is 1.90. The van der Waals surface area contributed by atoms with Gasteiger partial charge in [-0.3, -0.25) is 4.79 Å². The van der Waals surface area contributed by atoms with Crippen LogP contribution in [0.1, 0.15) is 18.4 Å². The van der Waals surface area contributed by atoms with E-state index in [0.717, 1.165) is 30.8 Å². The number of carbonyl (C=O) groups is 1. The number of rotatable bonds is 4. The number of hydrogen-bond donors (Lipinski definition) is 2. The van der Waals surface area contributed by atoms with Gasteiger partial charge in [0.25, 0.3) is 0 Å². The molecular formula is C12H15NO3. The molecule has 16 heavy (non-hydrogen) atoms. The Kier molecular flexibility index (Phi) is 3.29. The molecule has 86 valence electrons. The lowest BCUT2D eigenvalue weighted by Crippen LogP contribution is -2.14. The molecule has 0 atom stereocenters. The lowest BCUT2D eigenvalue weighted by atomic mass is 10.0. The van der Waals surface area contributed by atoms with Gasteiger partial charge in [0.05, 0.1) is 18.7 Å². The molecule has 1 aromatic rings. The average Bonchev–Trinajstić information content (AvgIpc) is 2.29. The zero-order valence-electron chi connectivity index (χ0n) is 9.03. The third-order valence-electron chi connectivity index (χ3n) is 2.61. The van der Waals surface area contributed by atoms with E-state index in [0.29, 0.717) is 0 Å². The molecule has 0 aromatic heterocycles. The first kappa shape index (κ1) is 10.8. The molecule has 2 rings (SSSR count). The average molecular weight is 221 g/mol. The number of carboxylic acid groups (broad SMARTS) is 1. The van der Waals surface area contributed by atoms with Crippen LogP contribution >= 0.6 is 0 Å². The van der Waals surface area contributed by atoms with Crippen LogP contribution in [-0.4, -0.2) is 24.2 Å². The number of aliphatic carboxylic acids is 1. The highest BCUT2D eigenvalue weighted by Gasteiger charge is 2.13. The van der Waals surface area contributed by atoms with E-state index in [2.05, 4.69) is 11.4 Å². The second kappa shape index (κ2) is 4.88. The maximum Gasteiger partial charge on any atom is 0.306 e. The van der Waals surface area contributed by atoms with Crippen molar-refractivity contribution in [3.63, 3.8) is 0 Å². The molecule has 0 saturated carbocycles. The van der Waals surface area contributed by atoms with E-state index in [1.807, 2.05) is 12.1 Å². The summed E-state index contributed by atoms with van der Waals surface area (Å²) in [4.78, 5) is 10.4. The fraction of sp³-hybridized carbons (Fsp3) is 0.417. The highest BCUT2D eigenvalue weighted by atomic mass is 16.5. The molecule has 4 heteroatoms. The molecule has 0 bridgehead atoms. The van der Waals surface area contributed by atoms with Crippen molar-refractivity contribution in [1.82, 2.24) is 0 Å². The van der Waals surface area contributed by atoms with Gasteiger partial charge in [0.2, 0.25) is 0 Å². The van der Waals surface area contributed by atoms with Gasteiger partial charge >= 0.3 is 5.97 Å². The summed E-state index contributed by atoms with van der Waals surface area (Å²) >= 11 is 0. The Morgan fingerprint density at radius 2 is 2.38 bits per heavy atom. The summed E-state index contributed by atoms with van der Waals surface area (Å²) in [5, 5.41) is 11.8. The van der Waals surface area contributed by atoms with Crippen LogP contribution in [0.2, 0.25) is 0 Å². The number of ether oxygens (including phenoxy) is 1. The van der Waals surface area contributed by atoms with E-state index in [4.69, 9.17) is 9.84 Å². The first-order chi connectivity index (χ1) is 7.77. The van der Waals surface area contributed by atoms with Gasteiger partial charge in [-0.1, -0.05) is 12.1 Å². The summed E-state index contributed by atoms with van der Waals surface area (Å²) in [6.07, 6.45) is 2.22. The predicted molar refractivity (Wildman–Crippen MR) is 61.0 cm³/mol. The molecule has 0 amide bonds. The SMILES string of the molecule is O=C(O)CCOc1cccc2c1NCCC2. The third kappa shape index (κ3) is 2.45. The van der Waals surface area contributed by atoms with Gasteiger partial charge in [0.15, 0.2) is 0 Å². The molecule has 0 spiro atoms. The second-order valence-electron chi connectivity index (χ2n) is 3.81. The summed E-state index contributed by atoms with van der Waals surface area (Å²) in [7, 11) is 0. The van der Waals surface area contributed by atoms with E-state index in [9.17, 15) is 4.79 Å². The molecule has 1 aliphatic rings. The number of aryl methyl sites for hydroxylation is 1. The summed E-state index contributed by atoms with van der Waals surface area (Å²) in [5.41, 5.74) is 2.28. The smallest absolute Gasteiger partial charge is 0.306 e. The number of fused-ring (bicyclic) bond motifs is 1. The lowest BCUT2D eigenvalue weighted by molar-refractivity contribution is -0.137. The van der Waals surface area contributed by atoms with E-state index in [-0.39, 0.29) is 13.0 Å². The van der Waals surface area contributed by atoms with Crippen molar-refractivity contribution in [3.05, 3.63) is 23.8 Å². The maximum atomic E-state index is 10.4. The Balaban J connectivity index is 2.05. The van der Waals surface area contributed by atoms with Gasteiger partial charge in [-0.2, -0.15) is 0 Å². The van der Waals surface area contributed by atoms with Crippen molar-refractivity contribution in [2.24, 2.45) is 0 Å². The van der Waals surface area contributed by atoms with Crippen LogP contribution in [0.15, 0.2) is 18.2 Å². The standard InChI is InChI=1S/C12H15NO3/c14-11(15)6-8-16-10-5-1-3-9-4-2-7-13-12(9)10/h1,3,5,13H,2,4,6-8H2,(H,14,15). The monoisotopic (exact) mass is 221 g/mol.